The Morgan fingerprint density at radius 1 is 0.316 bits per heavy atom. The largest absolute Gasteiger partial charge is 0.472 e. The topological polar surface area (TPSA) is 134 Å². The van der Waals surface area contributed by atoms with E-state index in [4.69, 9.17) is 24.3 Å². The molecular formula is C85H136NO8P. The Bertz CT molecular complexity index is 2320. The number of carbonyl (C=O) groups excluding carboxylic acids is 2. The van der Waals surface area contributed by atoms with E-state index in [1.54, 1.807) is 0 Å². The van der Waals surface area contributed by atoms with E-state index in [-0.39, 0.29) is 32.6 Å². The number of esters is 2. The van der Waals surface area contributed by atoms with Gasteiger partial charge >= 0.3 is 19.8 Å². The van der Waals surface area contributed by atoms with Gasteiger partial charge in [-0.1, -0.05) is 330 Å². The minimum atomic E-state index is -4.42. The van der Waals surface area contributed by atoms with Gasteiger partial charge in [0.25, 0.3) is 0 Å². The second-order valence-corrected chi connectivity index (χ2v) is 25.5. The molecule has 3 N–H and O–H groups in total. The Kier molecular flexibility index (Phi) is 73.2. The molecule has 0 bridgehead atoms. The van der Waals surface area contributed by atoms with E-state index < -0.39 is 32.5 Å². The fourth-order valence-electron chi connectivity index (χ4n) is 9.70. The molecular weight excluding hydrogens is 1190 g/mol. The summed E-state index contributed by atoms with van der Waals surface area (Å²) in [6.07, 6.45) is 119. The number of rotatable bonds is 68. The molecule has 0 aromatic carbocycles. The smallest absolute Gasteiger partial charge is 0.462 e. The van der Waals surface area contributed by atoms with Gasteiger partial charge in [0.15, 0.2) is 6.10 Å². The van der Waals surface area contributed by atoms with E-state index in [9.17, 15) is 19.0 Å². The maximum Gasteiger partial charge on any atom is 0.472 e. The molecule has 0 saturated heterocycles. The predicted molar refractivity (Wildman–Crippen MR) is 412 cm³/mol. The average molecular weight is 1330 g/mol. The molecule has 2 atom stereocenters. The monoisotopic (exact) mass is 1330 g/mol. The quantitative estimate of drug-likeness (QED) is 0.0264. The molecule has 534 valence electrons. The minimum Gasteiger partial charge on any atom is -0.462 e. The first-order chi connectivity index (χ1) is 46.8. The number of allylic oxidation sites excluding steroid dienone is 34. The second-order valence-electron chi connectivity index (χ2n) is 24.0. The van der Waals surface area contributed by atoms with Gasteiger partial charge in [0.2, 0.25) is 0 Å². The number of carbonyl (C=O) groups is 2. The van der Waals surface area contributed by atoms with Gasteiger partial charge in [0.1, 0.15) is 6.61 Å². The van der Waals surface area contributed by atoms with E-state index in [0.29, 0.717) is 6.42 Å². The summed E-state index contributed by atoms with van der Waals surface area (Å²) < 4.78 is 33.2. The Morgan fingerprint density at radius 2 is 0.547 bits per heavy atom. The van der Waals surface area contributed by atoms with Crippen LogP contribution >= 0.6 is 7.82 Å². The number of phosphoric ester groups is 1. The molecule has 0 spiro atoms. The van der Waals surface area contributed by atoms with Crippen molar-refractivity contribution in [3.05, 3.63) is 207 Å². The third kappa shape index (κ3) is 77.5. The molecule has 0 aliphatic heterocycles. The first-order valence-electron chi connectivity index (χ1n) is 37.6. The highest BCUT2D eigenvalue weighted by Gasteiger charge is 2.26. The van der Waals surface area contributed by atoms with Gasteiger partial charge in [-0.2, -0.15) is 0 Å². The summed E-state index contributed by atoms with van der Waals surface area (Å²) in [7, 11) is -4.42. The van der Waals surface area contributed by atoms with Crippen molar-refractivity contribution in [3.8, 4) is 0 Å². The van der Waals surface area contributed by atoms with E-state index in [1.807, 2.05) is 0 Å². The average Bonchev–Trinajstić information content (AvgIpc) is 2.75. The lowest BCUT2D eigenvalue weighted by Crippen LogP contribution is -2.29. The lowest BCUT2D eigenvalue weighted by Gasteiger charge is -2.19. The molecule has 0 radical (unpaired) electrons. The molecule has 0 aromatic rings. The van der Waals surface area contributed by atoms with Crippen LogP contribution in [0, 0.1) is 0 Å². The zero-order valence-electron chi connectivity index (χ0n) is 60.1. The fraction of sp³-hybridized carbons (Fsp3) is 0.576. The summed E-state index contributed by atoms with van der Waals surface area (Å²) in [5.74, 6) is -0.865. The first-order valence-corrected chi connectivity index (χ1v) is 39.1. The fourth-order valence-corrected chi connectivity index (χ4v) is 10.5. The number of unbranched alkanes of at least 4 members (excludes halogenated alkanes) is 21. The van der Waals surface area contributed by atoms with E-state index in [2.05, 4.69) is 220 Å². The molecule has 0 aliphatic rings. The normalized spacial score (nSPS) is 14.1. The summed E-state index contributed by atoms with van der Waals surface area (Å²) in [6, 6.07) is 0. The van der Waals surface area contributed by atoms with Gasteiger partial charge < -0.3 is 20.1 Å². The first kappa shape index (κ1) is 89.6. The molecule has 0 amide bonds. The zero-order valence-corrected chi connectivity index (χ0v) is 61.0. The number of ether oxygens (including phenoxy) is 2. The van der Waals surface area contributed by atoms with Crippen LogP contribution in [-0.4, -0.2) is 49.3 Å². The van der Waals surface area contributed by atoms with Crippen molar-refractivity contribution in [1.82, 2.24) is 0 Å². The molecule has 0 rings (SSSR count). The van der Waals surface area contributed by atoms with Crippen LogP contribution in [-0.2, 0) is 32.7 Å². The van der Waals surface area contributed by atoms with Crippen LogP contribution in [0.5, 0.6) is 0 Å². The van der Waals surface area contributed by atoms with Crippen LogP contribution in [0.3, 0.4) is 0 Å². The Labute approximate surface area is 582 Å². The maximum atomic E-state index is 12.8. The molecule has 95 heavy (non-hydrogen) atoms. The second kappa shape index (κ2) is 77.6. The summed E-state index contributed by atoms with van der Waals surface area (Å²) in [6.45, 7) is 3.48. The lowest BCUT2D eigenvalue weighted by molar-refractivity contribution is -0.161. The highest BCUT2D eigenvalue weighted by atomic mass is 31.2. The maximum absolute atomic E-state index is 12.8. The number of hydrogen-bond acceptors (Lipinski definition) is 8. The Balaban J connectivity index is 3.99. The Morgan fingerprint density at radius 3 is 0.811 bits per heavy atom. The SMILES string of the molecule is CC/C=C\C/C=C\C/C=C\C/C=C\C/C=C\C/C=C\C/C=C\C/C=C\C/C=C\C/C=C\C/C=C\C/C=C\CCCCCCC(=O)OC(COC(=O)CCCCCCCCCCCCCCCCCCC/C=C\C/C=C\C/C=C\C/C=C\C/C=C\CC)COP(=O)(O)OCCN. The molecule has 0 fully saturated rings. The lowest BCUT2D eigenvalue weighted by atomic mass is 10.0. The molecule has 0 heterocycles. The van der Waals surface area contributed by atoms with Gasteiger partial charge in [-0.25, -0.2) is 4.57 Å². The van der Waals surface area contributed by atoms with E-state index in [1.165, 1.54) is 96.3 Å². The van der Waals surface area contributed by atoms with Crippen LogP contribution in [0.15, 0.2) is 207 Å². The van der Waals surface area contributed by atoms with Gasteiger partial charge in [0.05, 0.1) is 13.2 Å². The van der Waals surface area contributed by atoms with Crippen LogP contribution in [0.25, 0.3) is 0 Å². The minimum absolute atomic E-state index is 0.0395. The van der Waals surface area contributed by atoms with Crippen molar-refractivity contribution >= 4 is 19.8 Å². The molecule has 2 unspecified atom stereocenters. The summed E-state index contributed by atoms with van der Waals surface area (Å²) >= 11 is 0. The summed E-state index contributed by atoms with van der Waals surface area (Å²) in [5.41, 5.74) is 5.40. The molecule has 10 heteroatoms. The van der Waals surface area contributed by atoms with Crippen LogP contribution in [0.2, 0.25) is 0 Å². The summed E-state index contributed by atoms with van der Waals surface area (Å²) in [4.78, 5) is 35.4. The van der Waals surface area contributed by atoms with Crippen LogP contribution in [0.1, 0.15) is 284 Å². The number of nitrogens with two attached hydrogens (primary N) is 1. The molecule has 0 aliphatic carbocycles. The van der Waals surface area contributed by atoms with Crippen LogP contribution in [0.4, 0.5) is 0 Å². The number of phosphoric acid groups is 1. The zero-order chi connectivity index (χ0) is 68.6. The third-order valence-corrected chi connectivity index (χ3v) is 16.1. The van der Waals surface area contributed by atoms with Gasteiger partial charge in [-0.15, -0.1) is 0 Å². The molecule has 0 aromatic heterocycles. The summed E-state index contributed by atoms with van der Waals surface area (Å²) in [5, 5.41) is 0. The molecule has 9 nitrogen and oxygen atoms in total. The Hall–Kier alpha value is -5.41. The van der Waals surface area contributed by atoms with E-state index in [0.717, 1.165) is 154 Å². The highest BCUT2D eigenvalue weighted by Crippen LogP contribution is 2.43. The van der Waals surface area contributed by atoms with Crippen molar-refractivity contribution in [1.29, 1.82) is 0 Å². The van der Waals surface area contributed by atoms with Crippen molar-refractivity contribution in [2.75, 3.05) is 26.4 Å². The molecule has 0 saturated carbocycles. The van der Waals surface area contributed by atoms with Crippen LogP contribution < -0.4 is 5.73 Å². The number of hydrogen-bond donors (Lipinski definition) is 2. The third-order valence-electron chi connectivity index (χ3n) is 15.2. The van der Waals surface area contributed by atoms with Gasteiger partial charge in [-0.3, -0.25) is 18.6 Å². The van der Waals surface area contributed by atoms with Crippen molar-refractivity contribution < 1.29 is 37.6 Å². The van der Waals surface area contributed by atoms with Crippen molar-refractivity contribution in [2.24, 2.45) is 5.73 Å². The highest BCUT2D eigenvalue weighted by molar-refractivity contribution is 7.47. The standard InChI is InChI=1S/C85H136NO8P/c1-3-5-7-9-11-13-15-17-19-21-23-25-27-29-31-33-35-37-38-39-40-41-42-43-44-46-48-50-52-54-56-58-60-62-64-66-68-70-72-74-76-78-85(88)94-83(82-93-95(89,90)92-80-79-86)81-91-84(87)77-75-73-71-69-67-65-63-61-59-57-55-53-51-49-47-45-36-34-32-30-28-26-24-22-20-18-16-14-12-10-8-6-4-2/h5-8,11-14,17-20,23-26,29-32,35,37,39-40,42-43,46,48,52,54,58,60,64,66,83H,3-4,9-10,15-16,21-22,27-28,33-34,36,38,41,44-45,47,49-51,53,55-57,59,61-63,65,67-82,86H2,1-2H3,(H,89,90)/b7-5-,8-6-,13-11-,14-12-,19-17-,20-18-,25-23-,26-24-,31-29-,32-30-,37-35-,40-39-,43-42-,48-46-,54-52-,60-58-,66-64-. The van der Waals surface area contributed by atoms with Crippen molar-refractivity contribution in [2.45, 2.75) is 290 Å². The predicted octanol–water partition coefficient (Wildman–Crippen LogP) is 25.4. The van der Waals surface area contributed by atoms with Gasteiger partial charge in [-0.05, 0) is 148 Å². The van der Waals surface area contributed by atoms with Gasteiger partial charge in [0, 0.05) is 19.4 Å². The van der Waals surface area contributed by atoms with E-state index >= 15 is 0 Å². The van der Waals surface area contributed by atoms with Crippen molar-refractivity contribution in [3.63, 3.8) is 0 Å².